The molecular weight excluding hydrogens is 652 g/mol. The van der Waals surface area contributed by atoms with Crippen LogP contribution < -0.4 is 26.6 Å². The molecule has 1 aliphatic heterocycles. The van der Waals surface area contributed by atoms with E-state index in [4.69, 9.17) is 0 Å². The lowest BCUT2D eigenvalue weighted by atomic mass is 9.81. The summed E-state index contributed by atoms with van der Waals surface area (Å²) in [4.78, 5) is 96.2. The Balaban J connectivity index is 1.57. The van der Waals surface area contributed by atoms with E-state index in [1.165, 1.54) is 0 Å². The maximum absolute atomic E-state index is 14.8. The molecule has 1 heterocycles. The first-order valence-electron chi connectivity index (χ1n) is 19.5. The van der Waals surface area contributed by atoms with Gasteiger partial charge >= 0.3 is 11.8 Å². The van der Waals surface area contributed by atoms with Gasteiger partial charge in [0.25, 0.3) is 5.91 Å². The predicted octanol–water partition coefficient (Wildman–Crippen LogP) is 2.65. The zero-order valence-corrected chi connectivity index (χ0v) is 31.6. The fourth-order valence-corrected chi connectivity index (χ4v) is 7.96. The van der Waals surface area contributed by atoms with E-state index in [1.54, 1.807) is 4.90 Å². The van der Waals surface area contributed by atoms with Crippen molar-refractivity contribution in [3.05, 3.63) is 0 Å². The second-order valence-corrected chi connectivity index (χ2v) is 16.8. The third-order valence-corrected chi connectivity index (χ3v) is 11.0. The molecule has 6 amide bonds. The van der Waals surface area contributed by atoms with E-state index < -0.39 is 70.8 Å². The summed E-state index contributed by atoms with van der Waals surface area (Å²) in [6.07, 6.45) is 10.6. The fourth-order valence-electron chi connectivity index (χ4n) is 7.96. The second-order valence-electron chi connectivity index (χ2n) is 16.8. The Morgan fingerprint density at radius 2 is 1.41 bits per heavy atom. The van der Waals surface area contributed by atoms with Crippen molar-refractivity contribution in [3.63, 3.8) is 0 Å². The minimum absolute atomic E-state index is 0.00287. The molecule has 1 saturated heterocycles. The van der Waals surface area contributed by atoms with Crippen LogP contribution in [0, 0.1) is 23.2 Å². The molecule has 0 aromatic rings. The maximum Gasteiger partial charge on any atom is 0.309 e. The molecule has 5 N–H and O–H groups in total. The summed E-state index contributed by atoms with van der Waals surface area (Å²) in [5, 5.41) is 13.9. The number of ketones is 1. The van der Waals surface area contributed by atoms with E-state index in [0.717, 1.165) is 57.8 Å². The highest BCUT2D eigenvalue weighted by molar-refractivity contribution is 6.38. The lowest BCUT2D eigenvalue weighted by Gasteiger charge is -2.40. The number of carbonyl (C=O) groups is 7. The molecule has 13 heteroatoms. The molecule has 3 aliphatic carbocycles. The molecule has 0 radical (unpaired) electrons. The number of hydrogen-bond acceptors (Lipinski definition) is 7. The molecular formula is C38H62N6O7. The molecule has 4 aliphatic rings. The lowest BCUT2D eigenvalue weighted by molar-refractivity contribution is -0.148. The summed E-state index contributed by atoms with van der Waals surface area (Å²) < 4.78 is 0. The highest BCUT2D eigenvalue weighted by Crippen LogP contribution is 2.41. The third kappa shape index (κ3) is 10.8. The van der Waals surface area contributed by atoms with Crippen molar-refractivity contribution >= 4 is 41.2 Å². The van der Waals surface area contributed by atoms with E-state index in [-0.39, 0.29) is 29.8 Å². The van der Waals surface area contributed by atoms with Gasteiger partial charge in [-0.1, -0.05) is 80.1 Å². The number of nitrogens with zero attached hydrogens (tertiary/aromatic N) is 1. The second kappa shape index (κ2) is 17.8. The van der Waals surface area contributed by atoms with Crippen LogP contribution in [-0.4, -0.2) is 88.9 Å². The Bertz CT molecular complexity index is 1300. The molecule has 3 saturated carbocycles. The molecule has 0 unspecified atom stereocenters. The topological polar surface area (TPSA) is 183 Å². The highest BCUT2D eigenvalue weighted by atomic mass is 16.2. The predicted molar refractivity (Wildman–Crippen MR) is 192 cm³/mol. The van der Waals surface area contributed by atoms with Gasteiger partial charge in [-0.05, 0) is 74.5 Å². The van der Waals surface area contributed by atoms with Crippen molar-refractivity contribution in [3.8, 4) is 0 Å². The van der Waals surface area contributed by atoms with Crippen LogP contribution in [0.5, 0.6) is 0 Å². The minimum Gasteiger partial charge on any atom is -0.348 e. The molecule has 0 aromatic heterocycles. The Labute approximate surface area is 303 Å². The van der Waals surface area contributed by atoms with E-state index in [0.29, 0.717) is 38.6 Å². The quantitative estimate of drug-likeness (QED) is 0.171. The Hall–Kier alpha value is -3.51. The Morgan fingerprint density at radius 3 is 2.02 bits per heavy atom. The van der Waals surface area contributed by atoms with Gasteiger partial charge in [-0.3, -0.25) is 33.6 Å². The molecule has 0 bridgehead atoms. The highest BCUT2D eigenvalue weighted by Gasteiger charge is 2.51. The number of rotatable bonds is 14. The zero-order chi connectivity index (χ0) is 37.5. The van der Waals surface area contributed by atoms with Gasteiger partial charge in [0.15, 0.2) is 0 Å². The number of amides is 6. The summed E-state index contributed by atoms with van der Waals surface area (Å²) in [7, 11) is 0. The van der Waals surface area contributed by atoms with E-state index in [1.807, 2.05) is 41.5 Å². The lowest BCUT2D eigenvalue weighted by Crippen LogP contribution is -2.63. The smallest absolute Gasteiger partial charge is 0.309 e. The molecule has 4 fully saturated rings. The average Bonchev–Trinajstić information content (AvgIpc) is 3.82. The minimum atomic E-state index is -1.05. The van der Waals surface area contributed by atoms with Crippen LogP contribution in [0.3, 0.4) is 0 Å². The van der Waals surface area contributed by atoms with Gasteiger partial charge < -0.3 is 31.5 Å². The SMILES string of the molecule is CCC[C@H](NC(=O)[C@@H]1C[C@@H]2CCCC[C@@H]2N1C(=O)[C@@H](NC(=O)[C@@H](NC(=O)C(=O)NCC(C)C)C1CCCCC1)C(C)(C)C)C(=O)C(=O)NC1CC1. The van der Waals surface area contributed by atoms with Gasteiger partial charge in [0.1, 0.15) is 18.1 Å². The first-order chi connectivity index (χ1) is 24.1. The molecule has 286 valence electrons. The number of likely N-dealkylation sites (tertiary alicyclic amines) is 1. The largest absolute Gasteiger partial charge is 0.348 e. The van der Waals surface area contributed by atoms with Gasteiger partial charge in [-0.15, -0.1) is 0 Å². The normalized spacial score (nSPS) is 24.1. The molecule has 0 spiro atoms. The standard InChI is InChI=1S/C38H62N6O7/c1-7-13-26(30(45)34(48)40-25-18-19-25)41-32(46)28-20-24-16-11-12-17-27(24)44(28)37(51)31(38(4,5)6)43-33(47)29(23-14-9-8-10-15-23)42-36(50)35(49)39-21-22(2)3/h22-29,31H,7-21H2,1-6H3,(H,39,49)(H,40,48)(H,41,46)(H,42,50)(H,43,47)/t24-,26-,27-,28-,29-,31+/m0/s1. The first-order valence-corrected chi connectivity index (χ1v) is 19.5. The maximum atomic E-state index is 14.8. The summed E-state index contributed by atoms with van der Waals surface area (Å²) >= 11 is 0. The average molecular weight is 715 g/mol. The number of nitrogens with one attached hydrogen (secondary N) is 5. The van der Waals surface area contributed by atoms with Crippen LogP contribution in [0.2, 0.25) is 0 Å². The summed E-state index contributed by atoms with van der Waals surface area (Å²) in [6, 6.07) is -4.14. The van der Waals surface area contributed by atoms with Crippen LogP contribution in [0.25, 0.3) is 0 Å². The first kappa shape index (κ1) is 40.3. The van der Waals surface area contributed by atoms with E-state index >= 15 is 0 Å². The molecule has 6 atom stereocenters. The van der Waals surface area contributed by atoms with Gasteiger partial charge in [0, 0.05) is 18.6 Å². The van der Waals surface area contributed by atoms with Crippen molar-refractivity contribution in [2.45, 2.75) is 168 Å². The fraction of sp³-hybridized carbons (Fsp3) is 0.816. The Morgan fingerprint density at radius 1 is 0.765 bits per heavy atom. The molecule has 4 rings (SSSR count). The number of fused-ring (bicyclic) bond motifs is 1. The summed E-state index contributed by atoms with van der Waals surface area (Å²) in [6.45, 7) is 11.6. The van der Waals surface area contributed by atoms with Gasteiger partial charge in [0.05, 0.1) is 6.04 Å². The van der Waals surface area contributed by atoms with E-state index in [9.17, 15) is 33.6 Å². The summed E-state index contributed by atoms with van der Waals surface area (Å²) in [5.41, 5.74) is -0.780. The molecule has 13 nitrogen and oxygen atoms in total. The number of Topliss-reactive ketones (excluding diaryl/α,β-unsaturated/α-hetero) is 1. The van der Waals surface area contributed by atoms with Crippen LogP contribution in [0.4, 0.5) is 0 Å². The van der Waals surface area contributed by atoms with Crippen LogP contribution >= 0.6 is 0 Å². The van der Waals surface area contributed by atoms with Crippen molar-refractivity contribution < 1.29 is 33.6 Å². The van der Waals surface area contributed by atoms with Crippen molar-refractivity contribution in [1.82, 2.24) is 31.5 Å². The van der Waals surface area contributed by atoms with Crippen molar-refractivity contribution in [1.29, 1.82) is 0 Å². The molecule has 0 aromatic carbocycles. The van der Waals surface area contributed by atoms with Crippen LogP contribution in [0.15, 0.2) is 0 Å². The monoisotopic (exact) mass is 714 g/mol. The van der Waals surface area contributed by atoms with Crippen molar-refractivity contribution in [2.75, 3.05) is 6.54 Å². The zero-order valence-electron chi connectivity index (χ0n) is 31.6. The Kier molecular flexibility index (Phi) is 14.1. The number of carbonyl (C=O) groups excluding carboxylic acids is 7. The molecule has 51 heavy (non-hydrogen) atoms. The van der Waals surface area contributed by atoms with E-state index in [2.05, 4.69) is 26.6 Å². The van der Waals surface area contributed by atoms with Gasteiger partial charge in [-0.2, -0.15) is 0 Å². The van der Waals surface area contributed by atoms with Gasteiger partial charge in [0.2, 0.25) is 23.5 Å². The van der Waals surface area contributed by atoms with Crippen LogP contribution in [-0.2, 0) is 33.6 Å². The third-order valence-electron chi connectivity index (χ3n) is 11.0. The number of hydrogen-bond donors (Lipinski definition) is 5. The van der Waals surface area contributed by atoms with Gasteiger partial charge in [-0.25, -0.2) is 0 Å². The van der Waals surface area contributed by atoms with Crippen LogP contribution in [0.1, 0.15) is 131 Å². The summed E-state index contributed by atoms with van der Waals surface area (Å²) in [5.74, 6) is -4.43. The van der Waals surface area contributed by atoms with Crippen molar-refractivity contribution in [2.24, 2.45) is 23.2 Å².